The van der Waals surface area contributed by atoms with Crippen LogP contribution < -0.4 is 5.32 Å². The Balaban J connectivity index is 1.46. The molecule has 0 spiro atoms. The van der Waals surface area contributed by atoms with E-state index in [1.807, 2.05) is 5.57 Å². The summed E-state index contributed by atoms with van der Waals surface area (Å²) in [4.78, 5) is 0. The molecule has 0 aromatic carbocycles. The number of aliphatic hydroxyl groups excluding tert-OH is 1. The molecule has 0 radical (unpaired) electrons. The SMILES string of the molecule is C[C@H]1C=C2CC(O)CC[C@]2(C)[C@H]2CC[C@]3(C)C(C4CCNCC4)=CC[C@H]3[C@H]12. The zero-order valence-corrected chi connectivity index (χ0v) is 17.6. The minimum atomic E-state index is -0.0957. The van der Waals surface area contributed by atoms with Gasteiger partial charge in [-0.2, -0.15) is 0 Å². The molecule has 2 saturated carbocycles. The largest absolute Gasteiger partial charge is 0.393 e. The summed E-state index contributed by atoms with van der Waals surface area (Å²) < 4.78 is 0. The average molecular weight is 370 g/mol. The number of allylic oxidation sites excluding steroid dienone is 3. The van der Waals surface area contributed by atoms with Crippen molar-refractivity contribution >= 4 is 0 Å². The lowest BCUT2D eigenvalue weighted by Gasteiger charge is -2.60. The van der Waals surface area contributed by atoms with Crippen LogP contribution in [0.1, 0.15) is 72.1 Å². The van der Waals surface area contributed by atoms with Crippen LogP contribution in [0.15, 0.2) is 23.3 Å². The lowest BCUT2D eigenvalue weighted by atomic mass is 9.45. The number of hydrogen-bond donors (Lipinski definition) is 2. The fraction of sp³-hybridized carbons (Fsp3) is 0.840. The van der Waals surface area contributed by atoms with E-state index in [2.05, 4.69) is 38.2 Å². The highest BCUT2D eigenvalue weighted by Crippen LogP contribution is 2.67. The Morgan fingerprint density at radius 1 is 1.00 bits per heavy atom. The van der Waals surface area contributed by atoms with Crippen molar-refractivity contribution in [2.45, 2.75) is 78.2 Å². The molecular weight excluding hydrogens is 330 g/mol. The van der Waals surface area contributed by atoms with Gasteiger partial charge in [-0.1, -0.05) is 44.1 Å². The molecule has 1 saturated heterocycles. The van der Waals surface area contributed by atoms with Crippen LogP contribution in [0.3, 0.4) is 0 Å². The maximum atomic E-state index is 10.3. The van der Waals surface area contributed by atoms with Crippen molar-refractivity contribution in [2.75, 3.05) is 13.1 Å². The van der Waals surface area contributed by atoms with Crippen LogP contribution in [0, 0.1) is 40.4 Å². The van der Waals surface area contributed by atoms with Gasteiger partial charge in [-0.25, -0.2) is 0 Å². The van der Waals surface area contributed by atoms with Crippen molar-refractivity contribution < 1.29 is 5.11 Å². The fourth-order valence-electron chi connectivity index (χ4n) is 8.37. The fourth-order valence-corrected chi connectivity index (χ4v) is 8.37. The average Bonchev–Trinajstić information content (AvgIpc) is 3.01. The number of aliphatic hydroxyl groups is 1. The third-order valence-corrected chi connectivity index (χ3v) is 9.83. The third-order valence-electron chi connectivity index (χ3n) is 9.83. The van der Waals surface area contributed by atoms with Gasteiger partial charge in [0.25, 0.3) is 0 Å². The van der Waals surface area contributed by atoms with Gasteiger partial charge in [-0.15, -0.1) is 0 Å². The molecule has 0 aromatic rings. The molecule has 27 heavy (non-hydrogen) atoms. The first-order valence-electron chi connectivity index (χ1n) is 11.7. The Labute approximate surface area is 165 Å². The molecule has 7 atom stereocenters. The normalized spacial score (nSPS) is 50.3. The predicted molar refractivity (Wildman–Crippen MR) is 111 cm³/mol. The maximum absolute atomic E-state index is 10.3. The van der Waals surface area contributed by atoms with Crippen molar-refractivity contribution in [1.82, 2.24) is 5.32 Å². The lowest BCUT2D eigenvalue weighted by Crippen LogP contribution is -2.52. The van der Waals surface area contributed by atoms with Gasteiger partial charge in [0, 0.05) is 0 Å². The predicted octanol–water partition coefficient (Wildman–Crippen LogP) is 5.09. The molecule has 0 bridgehead atoms. The van der Waals surface area contributed by atoms with Crippen LogP contribution >= 0.6 is 0 Å². The molecule has 0 aromatic heterocycles. The second-order valence-corrected chi connectivity index (χ2v) is 11.0. The number of nitrogens with one attached hydrogen (secondary N) is 1. The van der Waals surface area contributed by atoms with Crippen molar-refractivity contribution in [3.05, 3.63) is 23.3 Å². The van der Waals surface area contributed by atoms with Gasteiger partial charge in [-0.3, -0.25) is 0 Å². The van der Waals surface area contributed by atoms with E-state index in [4.69, 9.17) is 0 Å². The third kappa shape index (κ3) is 2.65. The molecule has 150 valence electrons. The van der Waals surface area contributed by atoms with E-state index >= 15 is 0 Å². The Kier molecular flexibility index (Phi) is 4.41. The topological polar surface area (TPSA) is 32.3 Å². The van der Waals surface area contributed by atoms with Crippen LogP contribution in [0.2, 0.25) is 0 Å². The second-order valence-electron chi connectivity index (χ2n) is 11.0. The molecule has 0 amide bonds. The Morgan fingerprint density at radius 3 is 2.52 bits per heavy atom. The number of rotatable bonds is 1. The molecule has 1 unspecified atom stereocenters. The van der Waals surface area contributed by atoms with E-state index < -0.39 is 0 Å². The van der Waals surface area contributed by atoms with Crippen LogP contribution in [0.25, 0.3) is 0 Å². The smallest absolute Gasteiger partial charge is 0.0577 e. The minimum Gasteiger partial charge on any atom is -0.393 e. The second kappa shape index (κ2) is 6.46. The van der Waals surface area contributed by atoms with Gasteiger partial charge < -0.3 is 10.4 Å². The van der Waals surface area contributed by atoms with Crippen LogP contribution in [-0.2, 0) is 0 Å². The Bertz CT molecular complexity index is 659. The summed E-state index contributed by atoms with van der Waals surface area (Å²) >= 11 is 0. The maximum Gasteiger partial charge on any atom is 0.0577 e. The van der Waals surface area contributed by atoms with Gasteiger partial charge in [-0.05, 0) is 105 Å². The highest BCUT2D eigenvalue weighted by molar-refractivity contribution is 5.32. The molecule has 1 aliphatic heterocycles. The Morgan fingerprint density at radius 2 is 1.74 bits per heavy atom. The number of fused-ring (bicyclic) bond motifs is 5. The molecule has 2 nitrogen and oxygen atoms in total. The molecular formula is C25H39NO. The first-order chi connectivity index (χ1) is 12.9. The summed E-state index contributed by atoms with van der Waals surface area (Å²) in [5, 5.41) is 13.8. The first-order valence-corrected chi connectivity index (χ1v) is 11.7. The van der Waals surface area contributed by atoms with E-state index in [0.717, 1.165) is 36.5 Å². The highest BCUT2D eigenvalue weighted by atomic mass is 16.3. The lowest BCUT2D eigenvalue weighted by molar-refractivity contribution is -0.0503. The number of piperidine rings is 1. The summed E-state index contributed by atoms with van der Waals surface area (Å²) in [6.07, 6.45) is 15.2. The monoisotopic (exact) mass is 369 g/mol. The van der Waals surface area contributed by atoms with Crippen LogP contribution in [0.4, 0.5) is 0 Å². The molecule has 5 rings (SSSR count). The van der Waals surface area contributed by atoms with Gasteiger partial charge in [0.1, 0.15) is 0 Å². The molecule has 1 heterocycles. The zero-order chi connectivity index (χ0) is 18.8. The zero-order valence-electron chi connectivity index (χ0n) is 17.6. The van der Waals surface area contributed by atoms with Crippen molar-refractivity contribution in [1.29, 1.82) is 0 Å². The standard InChI is InChI=1S/C25H39NO/c1-16-14-18-15-19(27)6-10-24(18,2)22-7-11-25(3)20(4-5-21(25)23(16)22)17-8-12-26-13-9-17/h4,14,16-17,19,21-23,26-27H,5-13,15H2,1-3H3/t16-,19?,21-,22-,23-,24-,25+/m0/s1. The van der Waals surface area contributed by atoms with Gasteiger partial charge in [0.15, 0.2) is 0 Å². The summed E-state index contributed by atoms with van der Waals surface area (Å²) in [6, 6.07) is 0. The van der Waals surface area contributed by atoms with Gasteiger partial charge in [0.05, 0.1) is 6.10 Å². The van der Waals surface area contributed by atoms with Crippen LogP contribution in [-0.4, -0.2) is 24.3 Å². The number of hydrogen-bond acceptors (Lipinski definition) is 2. The van der Waals surface area contributed by atoms with E-state index in [0.29, 0.717) is 16.7 Å². The molecule has 4 aliphatic carbocycles. The van der Waals surface area contributed by atoms with E-state index in [9.17, 15) is 5.11 Å². The van der Waals surface area contributed by atoms with Crippen molar-refractivity contribution in [3.63, 3.8) is 0 Å². The van der Waals surface area contributed by atoms with E-state index in [1.165, 1.54) is 51.6 Å². The van der Waals surface area contributed by atoms with E-state index in [-0.39, 0.29) is 6.10 Å². The quantitative estimate of drug-likeness (QED) is 0.631. The summed E-state index contributed by atoms with van der Waals surface area (Å²) in [7, 11) is 0. The van der Waals surface area contributed by atoms with E-state index in [1.54, 1.807) is 5.57 Å². The molecule has 2 N–H and O–H groups in total. The van der Waals surface area contributed by atoms with Gasteiger partial charge in [0.2, 0.25) is 0 Å². The molecule has 3 fully saturated rings. The summed E-state index contributed by atoms with van der Waals surface area (Å²) in [5.41, 5.74) is 4.25. The molecule has 5 aliphatic rings. The highest BCUT2D eigenvalue weighted by Gasteiger charge is 2.58. The molecule has 2 heteroatoms. The summed E-state index contributed by atoms with van der Waals surface area (Å²) in [6.45, 7) is 10.1. The van der Waals surface area contributed by atoms with Crippen molar-refractivity contribution in [2.24, 2.45) is 40.4 Å². The minimum absolute atomic E-state index is 0.0957. The first kappa shape index (κ1) is 18.4. The van der Waals surface area contributed by atoms with Gasteiger partial charge >= 0.3 is 0 Å². The Hall–Kier alpha value is -0.600. The summed E-state index contributed by atoms with van der Waals surface area (Å²) in [5.74, 6) is 4.02. The van der Waals surface area contributed by atoms with Crippen molar-refractivity contribution in [3.8, 4) is 0 Å². The van der Waals surface area contributed by atoms with Crippen LogP contribution in [0.5, 0.6) is 0 Å².